The van der Waals surface area contributed by atoms with E-state index in [0.29, 0.717) is 18.6 Å². The Labute approximate surface area is 112 Å². The van der Waals surface area contributed by atoms with Gasteiger partial charge in [0.1, 0.15) is 0 Å². The van der Waals surface area contributed by atoms with Crippen molar-refractivity contribution in [3.8, 4) is 0 Å². The molecule has 0 aliphatic carbocycles. The summed E-state index contributed by atoms with van der Waals surface area (Å²) in [6.07, 6.45) is 2.95. The van der Waals surface area contributed by atoms with Gasteiger partial charge in [0.2, 0.25) is 0 Å². The normalized spacial score (nSPS) is 13.3. The molecular formula is C12H22BrN3O. The highest BCUT2D eigenvalue weighted by Crippen LogP contribution is 2.27. The van der Waals surface area contributed by atoms with Crippen LogP contribution < -0.4 is 5.32 Å². The minimum Gasteiger partial charge on any atom is -0.383 e. The van der Waals surface area contributed by atoms with Crippen LogP contribution in [-0.2, 0) is 11.3 Å². The van der Waals surface area contributed by atoms with E-state index in [4.69, 9.17) is 4.74 Å². The summed E-state index contributed by atoms with van der Waals surface area (Å²) in [5.41, 5.74) is 1.21. The van der Waals surface area contributed by atoms with Gasteiger partial charge in [0, 0.05) is 7.11 Å². The van der Waals surface area contributed by atoms with Gasteiger partial charge >= 0.3 is 0 Å². The zero-order valence-corrected chi connectivity index (χ0v) is 12.6. The predicted octanol–water partition coefficient (Wildman–Crippen LogP) is 2.60. The minimum absolute atomic E-state index is 0.323. The first-order valence-electron chi connectivity index (χ1n) is 5.97. The van der Waals surface area contributed by atoms with Crippen molar-refractivity contribution in [3.63, 3.8) is 0 Å². The van der Waals surface area contributed by atoms with Crippen molar-refractivity contribution >= 4 is 15.9 Å². The molecule has 1 atom stereocenters. The van der Waals surface area contributed by atoms with Crippen molar-refractivity contribution in [1.29, 1.82) is 0 Å². The van der Waals surface area contributed by atoms with Gasteiger partial charge in [-0.05, 0) is 35.3 Å². The second-order valence-corrected chi connectivity index (χ2v) is 5.42. The zero-order valence-electron chi connectivity index (χ0n) is 11.0. The summed E-state index contributed by atoms with van der Waals surface area (Å²) < 4.78 is 8.18. The number of rotatable bonds is 7. The number of nitrogens with zero attached hydrogens (tertiary/aromatic N) is 2. The predicted molar refractivity (Wildman–Crippen MR) is 73.1 cm³/mol. The van der Waals surface area contributed by atoms with E-state index < -0.39 is 0 Å². The molecule has 0 spiro atoms. The first-order chi connectivity index (χ1) is 8.10. The van der Waals surface area contributed by atoms with Crippen molar-refractivity contribution in [2.75, 3.05) is 20.8 Å². The van der Waals surface area contributed by atoms with Crippen LogP contribution >= 0.6 is 15.9 Å². The van der Waals surface area contributed by atoms with E-state index in [0.717, 1.165) is 17.4 Å². The number of hydrogen-bond donors (Lipinski definition) is 1. The molecule has 98 valence electrons. The Kier molecular flexibility index (Phi) is 6.16. The van der Waals surface area contributed by atoms with Gasteiger partial charge in [0.05, 0.1) is 35.6 Å². The average molecular weight is 304 g/mol. The van der Waals surface area contributed by atoms with E-state index in [9.17, 15) is 0 Å². The third-order valence-electron chi connectivity index (χ3n) is 2.73. The van der Waals surface area contributed by atoms with Crippen molar-refractivity contribution in [1.82, 2.24) is 15.1 Å². The third kappa shape index (κ3) is 4.08. The van der Waals surface area contributed by atoms with Crippen LogP contribution in [0, 0.1) is 5.92 Å². The molecule has 0 radical (unpaired) electrons. The molecule has 1 heterocycles. The van der Waals surface area contributed by atoms with E-state index in [2.05, 4.69) is 40.2 Å². The van der Waals surface area contributed by atoms with Crippen molar-refractivity contribution in [2.45, 2.75) is 32.9 Å². The summed E-state index contributed by atoms with van der Waals surface area (Å²) in [6.45, 7) is 5.93. The Bertz CT molecular complexity index is 338. The van der Waals surface area contributed by atoms with E-state index in [1.165, 1.54) is 5.69 Å². The molecule has 0 saturated carbocycles. The van der Waals surface area contributed by atoms with E-state index >= 15 is 0 Å². The van der Waals surface area contributed by atoms with Crippen molar-refractivity contribution < 1.29 is 4.74 Å². The molecule has 1 aromatic rings. The molecule has 1 unspecified atom stereocenters. The van der Waals surface area contributed by atoms with Gasteiger partial charge in [-0.15, -0.1) is 0 Å². The van der Waals surface area contributed by atoms with Crippen molar-refractivity contribution in [3.05, 3.63) is 16.4 Å². The quantitative estimate of drug-likeness (QED) is 0.841. The maximum absolute atomic E-state index is 5.11. The van der Waals surface area contributed by atoms with Crippen LogP contribution in [-0.4, -0.2) is 30.5 Å². The smallest absolute Gasteiger partial charge is 0.0696 e. The summed E-state index contributed by atoms with van der Waals surface area (Å²) in [7, 11) is 3.70. The second kappa shape index (κ2) is 7.13. The Morgan fingerprint density at radius 2 is 2.24 bits per heavy atom. The molecule has 0 aromatic carbocycles. The largest absolute Gasteiger partial charge is 0.383 e. The molecule has 0 aliphatic heterocycles. The molecule has 1 aromatic heterocycles. The number of hydrogen-bond acceptors (Lipinski definition) is 3. The molecular weight excluding hydrogens is 282 g/mol. The lowest BCUT2D eigenvalue weighted by Crippen LogP contribution is -2.23. The third-order valence-corrected chi connectivity index (χ3v) is 3.34. The number of aromatic nitrogens is 2. The van der Waals surface area contributed by atoms with Gasteiger partial charge in [-0.25, -0.2) is 0 Å². The number of methoxy groups -OCH3 is 1. The standard InChI is InChI=1S/C12H22BrN3O/c1-9(2)7-11(14-3)12-10(13)8-15-16(12)5-6-17-4/h8-9,11,14H,5-7H2,1-4H3. The summed E-state index contributed by atoms with van der Waals surface area (Å²) >= 11 is 3.58. The van der Waals surface area contributed by atoms with E-state index in [1.807, 2.05) is 17.9 Å². The molecule has 5 heteroatoms. The van der Waals surface area contributed by atoms with Gasteiger partial charge < -0.3 is 10.1 Å². The fourth-order valence-electron chi connectivity index (χ4n) is 1.91. The molecule has 0 saturated heterocycles. The zero-order chi connectivity index (χ0) is 12.8. The average Bonchev–Trinajstić information content (AvgIpc) is 2.64. The highest BCUT2D eigenvalue weighted by atomic mass is 79.9. The summed E-state index contributed by atoms with van der Waals surface area (Å²) in [4.78, 5) is 0. The van der Waals surface area contributed by atoms with Gasteiger partial charge in [-0.2, -0.15) is 5.10 Å². The summed E-state index contributed by atoms with van der Waals surface area (Å²) in [6, 6.07) is 0.323. The Morgan fingerprint density at radius 1 is 1.53 bits per heavy atom. The van der Waals surface area contributed by atoms with Gasteiger partial charge in [0.25, 0.3) is 0 Å². The van der Waals surface area contributed by atoms with Crippen LogP contribution in [0.5, 0.6) is 0 Å². The van der Waals surface area contributed by atoms with E-state index in [1.54, 1.807) is 7.11 Å². The number of ether oxygens (including phenoxy) is 1. The highest BCUT2D eigenvalue weighted by molar-refractivity contribution is 9.10. The lowest BCUT2D eigenvalue weighted by molar-refractivity contribution is 0.181. The lowest BCUT2D eigenvalue weighted by atomic mass is 10.0. The SMILES string of the molecule is CNC(CC(C)C)c1c(Br)cnn1CCOC. The first-order valence-corrected chi connectivity index (χ1v) is 6.76. The Morgan fingerprint density at radius 3 is 2.76 bits per heavy atom. The molecule has 1 N–H and O–H groups in total. The fraction of sp³-hybridized carbons (Fsp3) is 0.750. The van der Waals surface area contributed by atoms with Crippen LogP contribution in [0.1, 0.15) is 32.0 Å². The van der Waals surface area contributed by atoms with Crippen LogP contribution in [0.2, 0.25) is 0 Å². The molecule has 0 fully saturated rings. The van der Waals surface area contributed by atoms with Crippen LogP contribution in [0.25, 0.3) is 0 Å². The lowest BCUT2D eigenvalue weighted by Gasteiger charge is -2.20. The molecule has 4 nitrogen and oxygen atoms in total. The maximum Gasteiger partial charge on any atom is 0.0696 e. The molecule has 17 heavy (non-hydrogen) atoms. The van der Waals surface area contributed by atoms with Gasteiger partial charge in [-0.3, -0.25) is 4.68 Å². The minimum atomic E-state index is 0.323. The van der Waals surface area contributed by atoms with Crippen molar-refractivity contribution in [2.24, 2.45) is 5.92 Å². The number of nitrogens with one attached hydrogen (secondary N) is 1. The molecule has 0 aliphatic rings. The Hall–Kier alpha value is -0.390. The molecule has 0 bridgehead atoms. The monoisotopic (exact) mass is 303 g/mol. The fourth-order valence-corrected chi connectivity index (χ4v) is 2.48. The molecule has 0 amide bonds. The second-order valence-electron chi connectivity index (χ2n) is 4.56. The summed E-state index contributed by atoms with van der Waals surface area (Å²) in [5.74, 6) is 0.644. The number of halogens is 1. The van der Waals surface area contributed by atoms with Crippen LogP contribution in [0.4, 0.5) is 0 Å². The Balaban J connectivity index is 2.88. The highest BCUT2D eigenvalue weighted by Gasteiger charge is 2.19. The van der Waals surface area contributed by atoms with Gasteiger partial charge in [0.15, 0.2) is 0 Å². The van der Waals surface area contributed by atoms with E-state index in [-0.39, 0.29) is 0 Å². The molecule has 1 rings (SSSR count). The van der Waals surface area contributed by atoms with Crippen LogP contribution in [0.15, 0.2) is 10.7 Å². The van der Waals surface area contributed by atoms with Crippen LogP contribution in [0.3, 0.4) is 0 Å². The maximum atomic E-state index is 5.11. The van der Waals surface area contributed by atoms with Gasteiger partial charge in [-0.1, -0.05) is 13.8 Å². The summed E-state index contributed by atoms with van der Waals surface area (Å²) in [5, 5.41) is 7.74. The first kappa shape index (κ1) is 14.7. The topological polar surface area (TPSA) is 39.1 Å².